The minimum absolute atomic E-state index is 0.268. The Kier molecular flexibility index (Phi) is 6.16. The van der Waals surface area contributed by atoms with Gasteiger partial charge in [-0.15, -0.1) is 0 Å². The summed E-state index contributed by atoms with van der Waals surface area (Å²) in [7, 11) is 1.64. The van der Waals surface area contributed by atoms with Gasteiger partial charge in [0.05, 0.1) is 17.7 Å². The first kappa shape index (κ1) is 19.7. The molecule has 3 rings (SSSR count). The van der Waals surface area contributed by atoms with Crippen LogP contribution in [0, 0.1) is 0 Å². The van der Waals surface area contributed by atoms with Gasteiger partial charge in [-0.2, -0.15) is 0 Å². The SMILES string of the molecule is COc1ccc2cc(CNC(=O)[C@H](C)NC(=O)c3ccccc3Cl)ccc2c1. The normalized spacial score (nSPS) is 11.7. The van der Waals surface area contributed by atoms with E-state index in [0.717, 1.165) is 22.1 Å². The molecule has 0 saturated carbocycles. The van der Waals surface area contributed by atoms with Crippen LogP contribution in [0.4, 0.5) is 0 Å². The molecule has 6 heteroatoms. The van der Waals surface area contributed by atoms with Gasteiger partial charge in [-0.05, 0) is 53.6 Å². The van der Waals surface area contributed by atoms with E-state index in [4.69, 9.17) is 16.3 Å². The number of rotatable bonds is 6. The second kappa shape index (κ2) is 8.76. The average molecular weight is 397 g/mol. The third kappa shape index (κ3) is 4.61. The Morgan fingerprint density at radius 2 is 1.75 bits per heavy atom. The number of fused-ring (bicyclic) bond motifs is 1. The Labute approximate surface area is 168 Å². The standard InChI is InChI=1S/C22H21ClN2O3/c1-14(25-22(27)19-5-3-4-6-20(19)23)21(26)24-13-15-7-8-17-12-18(28-2)10-9-16(17)11-15/h3-12,14H,13H2,1-2H3,(H,24,26)(H,25,27)/t14-/m0/s1. The number of hydrogen-bond acceptors (Lipinski definition) is 3. The molecular formula is C22H21ClN2O3. The van der Waals surface area contributed by atoms with Crippen molar-refractivity contribution in [2.45, 2.75) is 19.5 Å². The number of carbonyl (C=O) groups is 2. The van der Waals surface area contributed by atoms with Gasteiger partial charge >= 0.3 is 0 Å². The summed E-state index contributed by atoms with van der Waals surface area (Å²) >= 11 is 6.02. The molecule has 0 unspecified atom stereocenters. The molecule has 28 heavy (non-hydrogen) atoms. The third-order valence-corrected chi connectivity index (χ3v) is 4.77. The molecule has 0 fully saturated rings. The zero-order chi connectivity index (χ0) is 20.1. The van der Waals surface area contributed by atoms with Crippen LogP contribution in [0.3, 0.4) is 0 Å². The first-order valence-electron chi connectivity index (χ1n) is 8.87. The van der Waals surface area contributed by atoms with Crippen molar-refractivity contribution in [3.63, 3.8) is 0 Å². The molecule has 0 saturated heterocycles. The predicted molar refractivity (Wildman–Crippen MR) is 111 cm³/mol. The van der Waals surface area contributed by atoms with Gasteiger partial charge in [0.1, 0.15) is 11.8 Å². The van der Waals surface area contributed by atoms with Crippen LogP contribution in [0.25, 0.3) is 10.8 Å². The van der Waals surface area contributed by atoms with Crippen LogP contribution in [0.1, 0.15) is 22.8 Å². The summed E-state index contributed by atoms with van der Waals surface area (Å²) in [4.78, 5) is 24.6. The molecule has 2 N–H and O–H groups in total. The Morgan fingerprint density at radius 3 is 2.50 bits per heavy atom. The number of ether oxygens (including phenoxy) is 1. The molecule has 0 bridgehead atoms. The molecule has 0 aliphatic heterocycles. The van der Waals surface area contributed by atoms with Gasteiger partial charge in [-0.1, -0.05) is 41.9 Å². The smallest absolute Gasteiger partial charge is 0.253 e. The maximum Gasteiger partial charge on any atom is 0.253 e. The van der Waals surface area contributed by atoms with E-state index in [-0.39, 0.29) is 11.8 Å². The number of nitrogens with one attached hydrogen (secondary N) is 2. The fourth-order valence-electron chi connectivity index (χ4n) is 2.84. The molecule has 3 aromatic carbocycles. The zero-order valence-corrected chi connectivity index (χ0v) is 16.4. The van der Waals surface area contributed by atoms with Crippen molar-refractivity contribution in [2.24, 2.45) is 0 Å². The van der Waals surface area contributed by atoms with Crippen molar-refractivity contribution in [3.8, 4) is 5.75 Å². The molecule has 0 aliphatic rings. The third-order valence-electron chi connectivity index (χ3n) is 4.44. The number of carbonyl (C=O) groups excluding carboxylic acids is 2. The molecule has 0 aromatic heterocycles. The molecule has 3 aromatic rings. The van der Waals surface area contributed by atoms with Crippen molar-refractivity contribution >= 4 is 34.2 Å². The summed E-state index contributed by atoms with van der Waals surface area (Å²) in [5.41, 5.74) is 1.31. The lowest BCUT2D eigenvalue weighted by Gasteiger charge is -2.15. The highest BCUT2D eigenvalue weighted by molar-refractivity contribution is 6.33. The number of amides is 2. The van der Waals surface area contributed by atoms with Gasteiger partial charge in [0.25, 0.3) is 5.91 Å². The molecule has 0 aliphatic carbocycles. The summed E-state index contributed by atoms with van der Waals surface area (Å²) in [5.74, 6) is 0.153. The zero-order valence-electron chi connectivity index (χ0n) is 15.7. The Bertz CT molecular complexity index is 1020. The number of halogens is 1. The molecule has 5 nitrogen and oxygen atoms in total. The first-order chi connectivity index (χ1) is 13.5. The quantitative estimate of drug-likeness (QED) is 0.663. The van der Waals surface area contributed by atoms with E-state index < -0.39 is 6.04 Å². The lowest BCUT2D eigenvalue weighted by atomic mass is 10.1. The molecule has 144 valence electrons. The lowest BCUT2D eigenvalue weighted by Crippen LogP contribution is -2.44. The van der Waals surface area contributed by atoms with Crippen LogP contribution in [0.5, 0.6) is 5.75 Å². The number of benzene rings is 3. The van der Waals surface area contributed by atoms with Gasteiger partial charge in [0.2, 0.25) is 5.91 Å². The van der Waals surface area contributed by atoms with E-state index in [0.29, 0.717) is 17.1 Å². The summed E-state index contributed by atoms with van der Waals surface area (Å²) in [5, 5.41) is 7.99. The van der Waals surface area contributed by atoms with Crippen molar-refractivity contribution in [3.05, 3.63) is 76.8 Å². The van der Waals surface area contributed by atoms with E-state index >= 15 is 0 Å². The average Bonchev–Trinajstić information content (AvgIpc) is 2.71. The summed E-state index contributed by atoms with van der Waals surface area (Å²) in [6.45, 7) is 2.00. The highest BCUT2D eigenvalue weighted by Crippen LogP contribution is 2.22. The summed E-state index contributed by atoms with van der Waals surface area (Å²) < 4.78 is 5.23. The Balaban J connectivity index is 1.59. The largest absolute Gasteiger partial charge is 0.497 e. The highest BCUT2D eigenvalue weighted by atomic mass is 35.5. The number of hydrogen-bond donors (Lipinski definition) is 2. The minimum Gasteiger partial charge on any atom is -0.497 e. The highest BCUT2D eigenvalue weighted by Gasteiger charge is 2.17. The van der Waals surface area contributed by atoms with Crippen molar-refractivity contribution in [1.29, 1.82) is 0 Å². The lowest BCUT2D eigenvalue weighted by molar-refractivity contribution is -0.122. The van der Waals surface area contributed by atoms with Crippen molar-refractivity contribution in [2.75, 3.05) is 7.11 Å². The van der Waals surface area contributed by atoms with Crippen LogP contribution in [0.15, 0.2) is 60.7 Å². The molecule has 0 radical (unpaired) electrons. The maximum atomic E-state index is 12.3. The van der Waals surface area contributed by atoms with Crippen LogP contribution in [0.2, 0.25) is 5.02 Å². The number of methoxy groups -OCH3 is 1. The molecule has 2 amide bonds. The van der Waals surface area contributed by atoms with Gasteiger partial charge in [-0.25, -0.2) is 0 Å². The second-order valence-corrected chi connectivity index (χ2v) is 6.85. The van der Waals surface area contributed by atoms with E-state index in [1.807, 2.05) is 36.4 Å². The maximum absolute atomic E-state index is 12.3. The van der Waals surface area contributed by atoms with Crippen LogP contribution in [-0.4, -0.2) is 25.0 Å². The first-order valence-corrected chi connectivity index (χ1v) is 9.25. The van der Waals surface area contributed by atoms with Crippen LogP contribution < -0.4 is 15.4 Å². The summed E-state index contributed by atoms with van der Waals surface area (Å²) in [6, 6.07) is 17.8. The minimum atomic E-state index is -0.687. The Hall–Kier alpha value is -3.05. The van der Waals surface area contributed by atoms with Gasteiger partial charge in [-0.3, -0.25) is 9.59 Å². The van der Waals surface area contributed by atoms with Gasteiger partial charge in [0.15, 0.2) is 0 Å². The van der Waals surface area contributed by atoms with Crippen LogP contribution >= 0.6 is 11.6 Å². The summed E-state index contributed by atoms with van der Waals surface area (Å²) in [6.07, 6.45) is 0. The van der Waals surface area contributed by atoms with E-state index in [9.17, 15) is 9.59 Å². The molecular weight excluding hydrogens is 376 g/mol. The van der Waals surface area contributed by atoms with E-state index in [1.165, 1.54) is 0 Å². The van der Waals surface area contributed by atoms with E-state index in [1.54, 1.807) is 38.3 Å². The van der Waals surface area contributed by atoms with E-state index in [2.05, 4.69) is 10.6 Å². The van der Waals surface area contributed by atoms with Gasteiger partial charge in [0, 0.05) is 6.54 Å². The van der Waals surface area contributed by atoms with Crippen molar-refractivity contribution in [1.82, 2.24) is 10.6 Å². The topological polar surface area (TPSA) is 67.4 Å². The van der Waals surface area contributed by atoms with Crippen LogP contribution in [-0.2, 0) is 11.3 Å². The Morgan fingerprint density at radius 1 is 1.04 bits per heavy atom. The van der Waals surface area contributed by atoms with Gasteiger partial charge < -0.3 is 15.4 Å². The fraction of sp³-hybridized carbons (Fsp3) is 0.182. The molecule has 0 heterocycles. The molecule has 1 atom stereocenters. The monoisotopic (exact) mass is 396 g/mol. The second-order valence-electron chi connectivity index (χ2n) is 6.44. The predicted octanol–water partition coefficient (Wildman–Crippen LogP) is 3.94. The molecule has 0 spiro atoms. The fourth-order valence-corrected chi connectivity index (χ4v) is 3.06. The van der Waals surface area contributed by atoms with Crippen molar-refractivity contribution < 1.29 is 14.3 Å².